The molecule has 0 unspecified atom stereocenters. The van der Waals surface area contributed by atoms with Crippen LogP contribution in [-0.2, 0) is 11.4 Å². The number of methoxy groups -OCH3 is 1. The minimum absolute atomic E-state index is 0.163. The molecule has 0 aliphatic carbocycles. The number of aromatic nitrogens is 2. The average Bonchev–Trinajstić information content (AvgIpc) is 3.23. The minimum Gasteiger partial charge on any atom is -0.497 e. The Morgan fingerprint density at radius 2 is 2.28 bits per heavy atom. The third-order valence-electron chi connectivity index (χ3n) is 3.74. The van der Waals surface area contributed by atoms with Gasteiger partial charge in [-0.2, -0.15) is 5.10 Å². The molecule has 25 heavy (non-hydrogen) atoms. The van der Waals surface area contributed by atoms with Crippen LogP contribution in [0.5, 0.6) is 11.5 Å². The van der Waals surface area contributed by atoms with E-state index in [4.69, 9.17) is 21.1 Å². The molecule has 2 amide bonds. The summed E-state index contributed by atoms with van der Waals surface area (Å²) in [4.78, 5) is 23.6. The van der Waals surface area contributed by atoms with Gasteiger partial charge in [-0.3, -0.25) is 14.7 Å². The second kappa shape index (κ2) is 7.43. The first-order valence-corrected chi connectivity index (χ1v) is 8.04. The van der Waals surface area contributed by atoms with E-state index in [1.807, 2.05) is 0 Å². The van der Waals surface area contributed by atoms with Crippen molar-refractivity contribution in [3.63, 3.8) is 0 Å². The van der Waals surface area contributed by atoms with Crippen molar-refractivity contribution in [1.82, 2.24) is 20.8 Å². The fraction of sp³-hybridized carbons (Fsp3) is 0.312. The van der Waals surface area contributed by atoms with Crippen molar-refractivity contribution in [1.29, 1.82) is 0 Å². The Balaban J connectivity index is 1.58. The lowest BCUT2D eigenvalue weighted by Crippen LogP contribution is -2.40. The molecule has 1 aliphatic rings. The van der Waals surface area contributed by atoms with Gasteiger partial charge >= 0.3 is 0 Å². The highest BCUT2D eigenvalue weighted by Gasteiger charge is 2.26. The van der Waals surface area contributed by atoms with Crippen LogP contribution in [0.25, 0.3) is 0 Å². The van der Waals surface area contributed by atoms with Crippen molar-refractivity contribution < 1.29 is 19.1 Å². The first kappa shape index (κ1) is 17.1. The van der Waals surface area contributed by atoms with Gasteiger partial charge in [-0.1, -0.05) is 11.6 Å². The minimum atomic E-state index is -0.512. The zero-order chi connectivity index (χ0) is 17.8. The number of nitrogens with one attached hydrogen (secondary N) is 3. The molecule has 1 aliphatic heterocycles. The molecule has 1 aromatic carbocycles. The van der Waals surface area contributed by atoms with E-state index in [1.165, 1.54) is 0 Å². The summed E-state index contributed by atoms with van der Waals surface area (Å²) in [5.74, 6) is 0.535. The number of ether oxygens (including phenoxy) is 2. The molecule has 2 heterocycles. The molecule has 8 nitrogen and oxygen atoms in total. The van der Waals surface area contributed by atoms with E-state index >= 15 is 0 Å². The van der Waals surface area contributed by atoms with Crippen LogP contribution < -0.4 is 20.1 Å². The van der Waals surface area contributed by atoms with Gasteiger partial charge < -0.3 is 20.1 Å². The van der Waals surface area contributed by atoms with E-state index < -0.39 is 11.9 Å². The van der Waals surface area contributed by atoms with E-state index in [2.05, 4.69) is 20.8 Å². The lowest BCUT2D eigenvalue weighted by molar-refractivity contribution is -0.120. The number of aromatic amines is 1. The van der Waals surface area contributed by atoms with Gasteiger partial charge in [-0.05, 0) is 24.6 Å². The molecule has 1 fully saturated rings. The van der Waals surface area contributed by atoms with Crippen LogP contribution in [0.2, 0.25) is 5.02 Å². The molecule has 2 aromatic rings. The number of H-pyrrole nitrogens is 1. The van der Waals surface area contributed by atoms with Gasteiger partial charge in [0.05, 0.1) is 17.8 Å². The molecule has 9 heteroatoms. The van der Waals surface area contributed by atoms with Crippen molar-refractivity contribution in [2.45, 2.75) is 19.1 Å². The molecule has 1 aromatic heterocycles. The number of carbonyl (C=O) groups is 2. The van der Waals surface area contributed by atoms with E-state index in [0.717, 1.165) is 0 Å². The Bertz CT molecular complexity index is 792. The molecule has 0 saturated carbocycles. The van der Waals surface area contributed by atoms with E-state index in [9.17, 15) is 9.59 Å². The normalized spacial score (nSPS) is 16.4. The zero-order valence-electron chi connectivity index (χ0n) is 13.5. The highest BCUT2D eigenvalue weighted by Crippen LogP contribution is 2.29. The van der Waals surface area contributed by atoms with Gasteiger partial charge in [0.1, 0.15) is 29.8 Å². The van der Waals surface area contributed by atoms with Crippen LogP contribution in [0, 0.1) is 0 Å². The lowest BCUT2D eigenvalue weighted by Gasteiger charge is -2.08. The van der Waals surface area contributed by atoms with Crippen molar-refractivity contribution >= 4 is 23.4 Å². The first-order chi connectivity index (χ1) is 12.1. The van der Waals surface area contributed by atoms with E-state index in [1.54, 1.807) is 31.4 Å². The molecular weight excluding hydrogens is 348 g/mol. The number of benzene rings is 1. The third kappa shape index (κ3) is 4.03. The van der Waals surface area contributed by atoms with E-state index in [-0.39, 0.29) is 18.2 Å². The van der Waals surface area contributed by atoms with Gasteiger partial charge in [0.15, 0.2) is 0 Å². The average molecular weight is 365 g/mol. The summed E-state index contributed by atoms with van der Waals surface area (Å²) in [5, 5.41) is 12.4. The van der Waals surface area contributed by atoms with Crippen LogP contribution >= 0.6 is 11.6 Å². The largest absolute Gasteiger partial charge is 0.497 e. The Labute approximate surface area is 148 Å². The first-order valence-electron chi connectivity index (χ1n) is 7.66. The number of rotatable bonds is 6. The number of hydrogen-bond acceptors (Lipinski definition) is 5. The quantitative estimate of drug-likeness (QED) is 0.715. The smallest absolute Gasteiger partial charge is 0.272 e. The predicted molar refractivity (Wildman–Crippen MR) is 89.8 cm³/mol. The zero-order valence-corrected chi connectivity index (χ0v) is 14.2. The molecule has 1 saturated heterocycles. The molecule has 132 valence electrons. The molecule has 3 N–H and O–H groups in total. The third-order valence-corrected chi connectivity index (χ3v) is 4.04. The second-order valence-electron chi connectivity index (χ2n) is 5.47. The summed E-state index contributed by atoms with van der Waals surface area (Å²) in [6, 6.07) is 6.14. The molecule has 0 spiro atoms. The number of halogens is 1. The summed E-state index contributed by atoms with van der Waals surface area (Å²) >= 11 is 6.11. The second-order valence-corrected chi connectivity index (χ2v) is 5.88. The molecule has 1 atom stereocenters. The lowest BCUT2D eigenvalue weighted by atomic mass is 10.2. The number of nitrogens with zero attached hydrogens (tertiary/aromatic N) is 1. The number of amides is 2. The van der Waals surface area contributed by atoms with Gasteiger partial charge in [0.2, 0.25) is 5.91 Å². The number of hydrogen-bond donors (Lipinski definition) is 3. The standard InChI is InChI=1S/C16H17ClN4O4/c1-24-10-2-3-14(11(17)7-10)25-8-9-6-13(21-20-9)16(23)19-12-4-5-18-15(12)22/h2-3,6-7,12H,4-5,8H2,1H3,(H,18,22)(H,19,23)(H,20,21)/t12-/m0/s1. The van der Waals surface area contributed by atoms with Crippen LogP contribution in [0.3, 0.4) is 0 Å². The molecule has 0 bridgehead atoms. The maximum absolute atomic E-state index is 12.1. The monoisotopic (exact) mass is 364 g/mol. The molecule has 0 radical (unpaired) electrons. The van der Waals surface area contributed by atoms with Gasteiger partial charge in [-0.15, -0.1) is 0 Å². The highest BCUT2D eigenvalue weighted by molar-refractivity contribution is 6.32. The topological polar surface area (TPSA) is 105 Å². The maximum Gasteiger partial charge on any atom is 0.272 e. The summed E-state index contributed by atoms with van der Waals surface area (Å²) in [7, 11) is 1.55. The van der Waals surface area contributed by atoms with Crippen molar-refractivity contribution in [2.24, 2.45) is 0 Å². The summed E-state index contributed by atoms with van der Waals surface area (Å²) in [6.45, 7) is 0.725. The molecular formula is C16H17ClN4O4. The fourth-order valence-corrected chi connectivity index (χ4v) is 2.62. The highest BCUT2D eigenvalue weighted by atomic mass is 35.5. The molecule has 3 rings (SSSR count). The van der Waals surface area contributed by atoms with Crippen molar-refractivity contribution in [2.75, 3.05) is 13.7 Å². The van der Waals surface area contributed by atoms with E-state index in [0.29, 0.717) is 35.2 Å². The maximum atomic E-state index is 12.1. The van der Waals surface area contributed by atoms with Gasteiger partial charge in [0.25, 0.3) is 5.91 Å². The van der Waals surface area contributed by atoms with Crippen molar-refractivity contribution in [3.05, 3.63) is 40.7 Å². The predicted octanol–water partition coefficient (Wildman–Crippen LogP) is 1.27. The Kier molecular flexibility index (Phi) is 5.08. The summed E-state index contributed by atoms with van der Waals surface area (Å²) in [5.41, 5.74) is 0.798. The Hall–Kier alpha value is -2.74. The van der Waals surface area contributed by atoms with Crippen LogP contribution in [0.15, 0.2) is 24.3 Å². The number of carbonyl (C=O) groups excluding carboxylic acids is 2. The van der Waals surface area contributed by atoms with Crippen molar-refractivity contribution in [3.8, 4) is 11.5 Å². The van der Waals surface area contributed by atoms with Gasteiger partial charge in [0, 0.05) is 12.6 Å². The van der Waals surface area contributed by atoms with Crippen LogP contribution in [0.1, 0.15) is 22.6 Å². The van der Waals surface area contributed by atoms with Crippen LogP contribution in [-0.4, -0.2) is 41.7 Å². The Morgan fingerprint density at radius 3 is 2.96 bits per heavy atom. The summed E-state index contributed by atoms with van der Waals surface area (Å²) < 4.78 is 10.7. The van der Waals surface area contributed by atoms with Gasteiger partial charge in [-0.25, -0.2) is 0 Å². The fourth-order valence-electron chi connectivity index (χ4n) is 2.40. The summed E-state index contributed by atoms with van der Waals surface area (Å²) in [6.07, 6.45) is 0.570. The van der Waals surface area contributed by atoms with Crippen LogP contribution in [0.4, 0.5) is 0 Å². The Morgan fingerprint density at radius 1 is 1.44 bits per heavy atom. The SMILES string of the molecule is COc1ccc(OCc2cc(C(=O)N[C@H]3CCNC3=O)n[nH]2)c(Cl)c1.